The summed E-state index contributed by atoms with van der Waals surface area (Å²) in [6.07, 6.45) is 0. The highest BCUT2D eigenvalue weighted by Crippen LogP contribution is 2.43. The molecule has 0 radical (unpaired) electrons. The molecule has 69 heavy (non-hydrogen) atoms. The van der Waals surface area contributed by atoms with Crippen molar-refractivity contribution in [2.75, 3.05) is 0 Å². The van der Waals surface area contributed by atoms with Gasteiger partial charge in [-0.1, -0.05) is 243 Å². The van der Waals surface area contributed by atoms with E-state index in [1.165, 1.54) is 92.2 Å². The van der Waals surface area contributed by atoms with E-state index in [9.17, 15) is 0 Å². The van der Waals surface area contributed by atoms with Crippen LogP contribution >= 0.6 is 0 Å². The summed E-state index contributed by atoms with van der Waals surface area (Å²) in [5.41, 5.74) is 14.1. The van der Waals surface area contributed by atoms with E-state index >= 15 is 0 Å². The Morgan fingerprint density at radius 1 is 0.232 bits per heavy atom. The molecule has 0 atom stereocenters. The molecule has 2 aromatic heterocycles. The molecule has 0 saturated heterocycles. The number of rotatable bonds is 9. The average Bonchev–Trinajstić information content (AvgIpc) is 3.94. The van der Waals surface area contributed by atoms with Crippen molar-refractivity contribution in [2.45, 2.75) is 0 Å². The first-order chi connectivity index (χ1) is 34.3. The lowest BCUT2D eigenvalue weighted by Gasteiger charge is -2.36. The summed E-state index contributed by atoms with van der Waals surface area (Å²) in [7, 11) is -2.96. The maximum Gasteiger partial charge on any atom is 0.179 e. The second-order valence-corrected chi connectivity index (χ2v) is 21.8. The summed E-state index contributed by atoms with van der Waals surface area (Å²) >= 11 is 0. The monoisotopic (exact) mass is 894 g/mol. The van der Waals surface area contributed by atoms with E-state index in [1.807, 2.05) is 0 Å². The maximum absolute atomic E-state index is 2.96. The Labute approximate surface area is 403 Å². The maximum atomic E-state index is 2.55. The van der Waals surface area contributed by atoms with Crippen LogP contribution in [-0.2, 0) is 0 Å². The van der Waals surface area contributed by atoms with Crippen LogP contribution in [0.1, 0.15) is 0 Å². The van der Waals surface area contributed by atoms with E-state index in [4.69, 9.17) is 0 Å². The number of para-hydroxylation sites is 4. The minimum absolute atomic E-state index is 1.16. The fourth-order valence-electron chi connectivity index (χ4n) is 11.3. The van der Waals surface area contributed by atoms with Crippen molar-refractivity contribution in [1.29, 1.82) is 0 Å². The van der Waals surface area contributed by atoms with Gasteiger partial charge in [-0.15, -0.1) is 0 Å². The Morgan fingerprint density at radius 3 is 1.10 bits per heavy atom. The predicted octanol–water partition coefficient (Wildman–Crippen LogP) is 14.3. The van der Waals surface area contributed by atoms with E-state index in [2.05, 4.69) is 288 Å². The van der Waals surface area contributed by atoms with E-state index in [0.29, 0.717) is 0 Å². The first-order valence-electron chi connectivity index (χ1n) is 23.8. The Hall–Kier alpha value is -8.76. The molecule has 11 aromatic carbocycles. The molecule has 0 aliphatic rings. The average molecular weight is 895 g/mol. The highest BCUT2D eigenvalue weighted by molar-refractivity contribution is 7.20. The predicted molar refractivity (Wildman–Crippen MR) is 295 cm³/mol. The number of hydrogen-bond donors (Lipinski definition) is 0. The highest BCUT2D eigenvalue weighted by atomic mass is 28.3. The van der Waals surface area contributed by atoms with Crippen molar-refractivity contribution in [3.63, 3.8) is 0 Å². The van der Waals surface area contributed by atoms with Crippen LogP contribution in [0.5, 0.6) is 0 Å². The third-order valence-corrected chi connectivity index (χ3v) is 19.0. The molecular formula is C66H46N2Si. The van der Waals surface area contributed by atoms with E-state index < -0.39 is 8.07 Å². The van der Waals surface area contributed by atoms with Crippen molar-refractivity contribution in [2.24, 2.45) is 0 Å². The Kier molecular flexibility index (Phi) is 9.88. The smallest absolute Gasteiger partial charge is 0.179 e. The number of nitrogens with zero attached hydrogens (tertiary/aromatic N) is 2. The van der Waals surface area contributed by atoms with Crippen LogP contribution in [0, 0.1) is 0 Å². The molecule has 0 saturated carbocycles. The van der Waals surface area contributed by atoms with Gasteiger partial charge in [-0.2, -0.15) is 0 Å². The van der Waals surface area contributed by atoms with Gasteiger partial charge in [0.25, 0.3) is 0 Å². The Balaban J connectivity index is 1.12. The van der Waals surface area contributed by atoms with Crippen LogP contribution in [0.2, 0.25) is 0 Å². The van der Waals surface area contributed by atoms with E-state index in [0.717, 1.165) is 16.9 Å². The van der Waals surface area contributed by atoms with Gasteiger partial charge in [0.2, 0.25) is 0 Å². The van der Waals surface area contributed by atoms with E-state index in [1.54, 1.807) is 0 Å². The molecule has 0 N–H and O–H groups in total. The van der Waals surface area contributed by atoms with Gasteiger partial charge < -0.3 is 9.13 Å². The number of benzene rings is 11. The number of fused-ring (bicyclic) bond motifs is 6. The third kappa shape index (κ3) is 6.54. The summed E-state index contributed by atoms with van der Waals surface area (Å²) in [5, 5.41) is 10.3. The van der Waals surface area contributed by atoms with Gasteiger partial charge in [0.1, 0.15) is 0 Å². The number of aromatic nitrogens is 2. The largest absolute Gasteiger partial charge is 0.309 e. The van der Waals surface area contributed by atoms with Crippen molar-refractivity contribution in [3.8, 4) is 44.8 Å². The van der Waals surface area contributed by atoms with Crippen molar-refractivity contribution >= 4 is 72.4 Å². The fraction of sp³-hybridized carbons (Fsp3) is 0. The van der Waals surface area contributed by atoms with Crippen LogP contribution in [0.25, 0.3) is 88.4 Å². The Bertz CT molecular complexity index is 3780. The highest BCUT2D eigenvalue weighted by Gasteiger charge is 2.42. The molecule has 0 fully saturated rings. The third-order valence-electron chi connectivity index (χ3n) is 14.3. The molecular weight excluding hydrogens is 849 g/mol. The van der Waals surface area contributed by atoms with Gasteiger partial charge in [-0.25, -0.2) is 0 Å². The molecule has 13 rings (SSSR count). The zero-order valence-electron chi connectivity index (χ0n) is 38.0. The molecule has 13 aromatic rings. The van der Waals surface area contributed by atoms with Gasteiger partial charge in [-0.05, 0) is 73.8 Å². The molecule has 0 amide bonds. The van der Waals surface area contributed by atoms with Gasteiger partial charge >= 0.3 is 0 Å². The summed E-state index contributed by atoms with van der Waals surface area (Å²) in [5.74, 6) is 0. The Morgan fingerprint density at radius 2 is 0.609 bits per heavy atom. The van der Waals surface area contributed by atoms with Gasteiger partial charge in [0, 0.05) is 38.2 Å². The van der Waals surface area contributed by atoms with E-state index in [-0.39, 0.29) is 0 Å². The van der Waals surface area contributed by atoms with Crippen molar-refractivity contribution in [3.05, 3.63) is 279 Å². The summed E-state index contributed by atoms with van der Waals surface area (Å²) < 4.78 is 5.00. The molecule has 2 nitrogen and oxygen atoms in total. The molecule has 0 unspecified atom stereocenters. The molecule has 0 aliphatic heterocycles. The summed E-state index contributed by atoms with van der Waals surface area (Å²) in [6.45, 7) is 0. The number of hydrogen-bond acceptors (Lipinski definition) is 0. The van der Waals surface area contributed by atoms with Crippen molar-refractivity contribution in [1.82, 2.24) is 9.13 Å². The second kappa shape index (κ2) is 16.8. The normalized spacial score (nSPS) is 11.8. The summed E-state index contributed by atoms with van der Waals surface area (Å²) in [4.78, 5) is 0. The van der Waals surface area contributed by atoms with Crippen LogP contribution in [-0.4, -0.2) is 17.2 Å². The topological polar surface area (TPSA) is 9.86 Å². The van der Waals surface area contributed by atoms with Crippen LogP contribution in [0.15, 0.2) is 279 Å². The molecule has 3 heteroatoms. The first-order valence-corrected chi connectivity index (χ1v) is 25.8. The van der Waals surface area contributed by atoms with Crippen LogP contribution < -0.4 is 20.7 Å². The molecule has 2 heterocycles. The molecule has 0 spiro atoms. The molecule has 0 aliphatic carbocycles. The van der Waals surface area contributed by atoms with Crippen molar-refractivity contribution < 1.29 is 0 Å². The SMILES string of the molecule is c1ccc(-c2cc([Si](c3ccccc3)(c3ccccc3)c3ccccc3)cc(-c3ccccc3)c2-n2c3ccccc3c3cc(-c4ccccc4-n4c5ccccc5c5ccccc54)ccc32)cc1. The lowest BCUT2D eigenvalue weighted by Crippen LogP contribution is -2.74. The second-order valence-electron chi connectivity index (χ2n) is 18.0. The van der Waals surface area contributed by atoms with Gasteiger partial charge in [0.05, 0.1) is 33.4 Å². The standard InChI is InChI=1S/C66H46N2Si/c1-6-24-47(25-7-1)58-45-53(69(50-28-10-3-11-29-50,51-30-12-4-13-31-51)52-32-14-5-15-33-52)46-59(48-26-8-2-9-27-48)66(58)68-64-41-23-19-37-57(64)60-44-49(42-43-65(60)68)54-34-16-20-38-61(54)67-62-39-21-17-35-55(62)56-36-18-22-40-63(56)67/h1-46H. The molecule has 324 valence electrons. The minimum atomic E-state index is -2.96. The van der Waals surface area contributed by atoms with Crippen LogP contribution in [0.4, 0.5) is 0 Å². The fourth-order valence-corrected chi connectivity index (χ4v) is 16.1. The lowest BCUT2D eigenvalue weighted by molar-refractivity contribution is 1.18. The quantitative estimate of drug-likeness (QED) is 0.101. The zero-order chi connectivity index (χ0) is 45.7. The van der Waals surface area contributed by atoms with Gasteiger partial charge in [-0.3, -0.25) is 0 Å². The zero-order valence-corrected chi connectivity index (χ0v) is 39.0. The summed E-state index contributed by atoms with van der Waals surface area (Å²) in [6, 6.07) is 104. The molecule has 0 bridgehead atoms. The van der Waals surface area contributed by atoms with Crippen LogP contribution in [0.3, 0.4) is 0 Å². The minimum Gasteiger partial charge on any atom is -0.309 e. The lowest BCUT2D eigenvalue weighted by atomic mass is 9.95. The first kappa shape index (κ1) is 40.5. The van der Waals surface area contributed by atoms with Gasteiger partial charge in [0.15, 0.2) is 8.07 Å².